The van der Waals surface area contributed by atoms with E-state index in [9.17, 15) is 14.0 Å². The van der Waals surface area contributed by atoms with Gasteiger partial charge in [0.2, 0.25) is 5.91 Å². The molecule has 0 atom stereocenters. The van der Waals surface area contributed by atoms with E-state index in [4.69, 9.17) is 4.52 Å². The van der Waals surface area contributed by atoms with Crippen LogP contribution in [0, 0.1) is 12.7 Å². The number of hydrogen-bond donors (Lipinski definition) is 1. The molecule has 0 fully saturated rings. The topological polar surface area (TPSA) is 75.4 Å². The Morgan fingerprint density at radius 1 is 1.36 bits per heavy atom. The molecule has 0 unspecified atom stereocenters. The second-order valence-corrected chi connectivity index (χ2v) is 4.73. The minimum atomic E-state index is -0.476. The molecule has 0 radical (unpaired) electrons. The number of halogens is 1. The Kier molecular flexibility index (Phi) is 4.88. The molecule has 2 rings (SSSR count). The first kappa shape index (κ1) is 15.7. The minimum Gasteiger partial charge on any atom is -0.360 e. The number of aromatic nitrogens is 1. The van der Waals surface area contributed by atoms with Gasteiger partial charge in [-0.1, -0.05) is 11.2 Å². The molecule has 0 aliphatic rings. The Balaban J connectivity index is 1.93. The van der Waals surface area contributed by atoms with Crippen LogP contribution in [-0.4, -0.2) is 30.1 Å². The van der Waals surface area contributed by atoms with Crippen molar-refractivity contribution in [2.45, 2.75) is 13.8 Å². The highest BCUT2D eigenvalue weighted by Crippen LogP contribution is 2.13. The van der Waals surface area contributed by atoms with Crippen molar-refractivity contribution in [2.75, 3.05) is 18.0 Å². The molecule has 116 valence electrons. The molecule has 6 nitrogen and oxygen atoms in total. The highest BCUT2D eigenvalue weighted by molar-refractivity contribution is 5.94. The fraction of sp³-hybridized carbons (Fsp3) is 0.267. The summed E-state index contributed by atoms with van der Waals surface area (Å²) in [6, 6.07) is 7.03. The van der Waals surface area contributed by atoms with Crippen LogP contribution < -0.4 is 10.2 Å². The molecule has 1 aromatic heterocycles. The first-order chi connectivity index (χ1) is 10.5. The van der Waals surface area contributed by atoms with Crippen LogP contribution in [0.15, 0.2) is 34.9 Å². The van der Waals surface area contributed by atoms with Crippen LogP contribution in [0.3, 0.4) is 0 Å². The van der Waals surface area contributed by atoms with Gasteiger partial charge in [-0.05, 0) is 25.1 Å². The monoisotopic (exact) mass is 305 g/mol. The van der Waals surface area contributed by atoms with Gasteiger partial charge in [0.25, 0.3) is 5.91 Å². The number of nitrogens with one attached hydrogen (secondary N) is 1. The number of hydrogen-bond acceptors (Lipinski definition) is 4. The molecule has 0 saturated carbocycles. The van der Waals surface area contributed by atoms with Crippen LogP contribution in [0.4, 0.5) is 10.2 Å². The number of anilines is 1. The van der Waals surface area contributed by atoms with Crippen molar-refractivity contribution in [2.24, 2.45) is 0 Å². The van der Waals surface area contributed by atoms with Crippen LogP contribution in [0.1, 0.15) is 23.0 Å². The molecule has 0 bridgehead atoms. The van der Waals surface area contributed by atoms with Crippen molar-refractivity contribution in [3.05, 3.63) is 47.5 Å². The highest BCUT2D eigenvalue weighted by atomic mass is 19.1. The maximum atomic E-state index is 13.1. The van der Waals surface area contributed by atoms with Gasteiger partial charge in [0.05, 0.1) is 0 Å². The van der Waals surface area contributed by atoms with E-state index in [2.05, 4.69) is 10.5 Å². The summed E-state index contributed by atoms with van der Waals surface area (Å²) >= 11 is 0. The summed E-state index contributed by atoms with van der Waals surface area (Å²) in [5.74, 6) is -0.112. The number of carbonyl (C=O) groups is 2. The normalized spacial score (nSPS) is 10.3. The van der Waals surface area contributed by atoms with Gasteiger partial charge in [-0.3, -0.25) is 14.5 Å². The number of rotatable bonds is 5. The van der Waals surface area contributed by atoms with Crippen LogP contribution in [0.25, 0.3) is 0 Å². The van der Waals surface area contributed by atoms with Gasteiger partial charge < -0.3 is 9.84 Å². The van der Waals surface area contributed by atoms with Gasteiger partial charge in [0, 0.05) is 31.6 Å². The zero-order valence-corrected chi connectivity index (χ0v) is 12.3. The summed E-state index contributed by atoms with van der Waals surface area (Å²) in [6.45, 7) is 3.57. The Morgan fingerprint density at radius 2 is 2.14 bits per heavy atom. The second kappa shape index (κ2) is 6.84. The minimum absolute atomic E-state index is 0.209. The Morgan fingerprint density at radius 3 is 2.73 bits per heavy atom. The van der Waals surface area contributed by atoms with Crippen LogP contribution in [-0.2, 0) is 4.79 Å². The van der Waals surface area contributed by atoms with E-state index in [0.29, 0.717) is 11.6 Å². The Bertz CT molecular complexity index is 684. The predicted octanol–water partition coefficient (Wildman–Crippen LogP) is 1.91. The smallest absolute Gasteiger partial charge is 0.251 e. The standard InChI is InChI=1S/C15H16FN3O3/c1-10-8-14(18-22-10)19(11(2)20)7-6-17-15(21)12-4-3-5-13(16)9-12/h3-5,8-9H,6-7H2,1-2H3,(H,17,21). The van der Waals surface area contributed by atoms with E-state index in [1.807, 2.05) is 0 Å². The maximum Gasteiger partial charge on any atom is 0.251 e. The lowest BCUT2D eigenvalue weighted by molar-refractivity contribution is -0.116. The van der Waals surface area contributed by atoms with Gasteiger partial charge in [-0.15, -0.1) is 0 Å². The summed E-state index contributed by atoms with van der Waals surface area (Å²) in [6.07, 6.45) is 0. The molecule has 0 saturated heterocycles. The molecular weight excluding hydrogens is 289 g/mol. The van der Waals surface area contributed by atoms with Crippen molar-refractivity contribution in [1.29, 1.82) is 0 Å². The summed E-state index contributed by atoms with van der Waals surface area (Å²) in [5, 5.41) is 6.40. The van der Waals surface area contributed by atoms with E-state index >= 15 is 0 Å². The number of amides is 2. The van der Waals surface area contributed by atoms with Gasteiger partial charge in [-0.2, -0.15) is 0 Å². The molecular formula is C15H16FN3O3. The maximum absolute atomic E-state index is 13.1. The molecule has 7 heteroatoms. The molecule has 1 heterocycles. The first-order valence-electron chi connectivity index (χ1n) is 6.72. The number of aryl methyl sites for hydroxylation is 1. The van der Waals surface area contributed by atoms with Crippen LogP contribution in [0.2, 0.25) is 0 Å². The lowest BCUT2D eigenvalue weighted by atomic mass is 10.2. The summed E-state index contributed by atoms with van der Waals surface area (Å²) in [7, 11) is 0. The Labute approximate surface area is 126 Å². The Hall–Kier alpha value is -2.70. The third-order valence-electron chi connectivity index (χ3n) is 2.98. The van der Waals surface area contributed by atoms with E-state index in [1.54, 1.807) is 13.0 Å². The molecule has 0 spiro atoms. The zero-order chi connectivity index (χ0) is 16.1. The molecule has 1 N–H and O–H groups in total. The largest absolute Gasteiger partial charge is 0.360 e. The first-order valence-corrected chi connectivity index (χ1v) is 6.72. The molecule has 2 amide bonds. The predicted molar refractivity (Wildman–Crippen MR) is 78.0 cm³/mol. The van der Waals surface area contributed by atoms with Crippen molar-refractivity contribution in [3.8, 4) is 0 Å². The van der Waals surface area contributed by atoms with Gasteiger partial charge >= 0.3 is 0 Å². The summed E-state index contributed by atoms with van der Waals surface area (Å²) in [5.41, 5.74) is 0.228. The third kappa shape index (κ3) is 3.91. The molecule has 2 aromatic rings. The highest BCUT2D eigenvalue weighted by Gasteiger charge is 2.15. The second-order valence-electron chi connectivity index (χ2n) is 4.73. The van der Waals surface area contributed by atoms with Crippen molar-refractivity contribution in [3.63, 3.8) is 0 Å². The quantitative estimate of drug-likeness (QED) is 0.915. The van der Waals surface area contributed by atoms with E-state index in [0.717, 1.165) is 6.07 Å². The van der Waals surface area contributed by atoms with Gasteiger partial charge in [0.1, 0.15) is 11.6 Å². The van der Waals surface area contributed by atoms with Gasteiger partial charge in [0.15, 0.2) is 5.82 Å². The van der Waals surface area contributed by atoms with E-state index < -0.39 is 11.7 Å². The third-order valence-corrected chi connectivity index (χ3v) is 2.98. The van der Waals surface area contributed by atoms with Crippen LogP contribution in [0.5, 0.6) is 0 Å². The number of nitrogens with zero attached hydrogens (tertiary/aromatic N) is 2. The summed E-state index contributed by atoms with van der Waals surface area (Å²) in [4.78, 5) is 24.9. The SMILES string of the molecule is CC(=O)N(CCNC(=O)c1cccc(F)c1)c1cc(C)on1. The lowest BCUT2D eigenvalue weighted by Crippen LogP contribution is -2.37. The average Bonchev–Trinajstić information content (AvgIpc) is 2.89. The molecule has 22 heavy (non-hydrogen) atoms. The van der Waals surface area contributed by atoms with E-state index in [1.165, 1.54) is 30.0 Å². The average molecular weight is 305 g/mol. The molecule has 1 aromatic carbocycles. The fourth-order valence-electron chi connectivity index (χ4n) is 1.93. The van der Waals surface area contributed by atoms with Crippen molar-refractivity contribution < 1.29 is 18.5 Å². The molecule has 0 aliphatic heterocycles. The summed E-state index contributed by atoms with van der Waals surface area (Å²) < 4.78 is 18.0. The number of carbonyl (C=O) groups excluding carboxylic acids is 2. The fourth-order valence-corrected chi connectivity index (χ4v) is 1.93. The van der Waals surface area contributed by atoms with Crippen LogP contribution >= 0.6 is 0 Å². The zero-order valence-electron chi connectivity index (χ0n) is 12.3. The molecule has 0 aliphatic carbocycles. The van der Waals surface area contributed by atoms with Crippen molar-refractivity contribution in [1.82, 2.24) is 10.5 Å². The number of benzene rings is 1. The van der Waals surface area contributed by atoms with E-state index in [-0.39, 0.29) is 24.6 Å². The van der Waals surface area contributed by atoms with Crippen molar-refractivity contribution >= 4 is 17.6 Å². The lowest BCUT2D eigenvalue weighted by Gasteiger charge is -2.17. The van der Waals surface area contributed by atoms with Gasteiger partial charge in [-0.25, -0.2) is 4.39 Å².